The number of rotatable bonds is 6. The van der Waals surface area contributed by atoms with Gasteiger partial charge in [-0.2, -0.15) is 0 Å². The van der Waals surface area contributed by atoms with E-state index in [1.54, 1.807) is 12.3 Å². The Hall–Kier alpha value is -2.28. The number of urea groups is 1. The summed E-state index contributed by atoms with van der Waals surface area (Å²) >= 11 is 0. The Bertz CT molecular complexity index is 1050. The second-order valence-corrected chi connectivity index (χ2v) is 10.4. The molecule has 30 heavy (non-hydrogen) atoms. The minimum atomic E-state index is -3.94. The van der Waals surface area contributed by atoms with E-state index in [9.17, 15) is 13.2 Å². The summed E-state index contributed by atoms with van der Waals surface area (Å²) in [4.78, 5) is 12.9. The molecule has 0 atom stereocenters. The van der Waals surface area contributed by atoms with Gasteiger partial charge in [-0.3, -0.25) is 0 Å². The number of aromatic nitrogens is 1. The number of hydrogen-bond donors (Lipinski definition) is 2. The number of hydrogen-bond acceptors (Lipinski definition) is 3. The van der Waals surface area contributed by atoms with Crippen LogP contribution in [-0.2, 0) is 42.1 Å². The number of fused-ring (bicyclic) bond motifs is 2. The molecular formula is C23H31N3O3S. The minimum Gasteiger partial charge on any atom is -0.348 e. The number of anilines is 1. The van der Waals surface area contributed by atoms with E-state index >= 15 is 0 Å². The predicted octanol–water partition coefficient (Wildman–Crippen LogP) is 4.51. The van der Waals surface area contributed by atoms with Crippen LogP contribution in [-0.4, -0.2) is 19.0 Å². The summed E-state index contributed by atoms with van der Waals surface area (Å²) in [6.07, 6.45) is 9.43. The lowest BCUT2D eigenvalue weighted by Gasteiger charge is -2.16. The van der Waals surface area contributed by atoms with Crippen molar-refractivity contribution in [2.45, 2.75) is 83.1 Å². The molecular weight excluding hydrogens is 398 g/mol. The average molecular weight is 430 g/mol. The highest BCUT2D eigenvalue weighted by molar-refractivity contribution is 7.90. The quantitative estimate of drug-likeness (QED) is 0.709. The second kappa shape index (κ2) is 8.10. The molecule has 2 N–H and O–H groups in total. The SMILES string of the molecule is CCCc1cc(S(=O)(=O)NC(=O)Nc2c3c(cc4c2CCC4)CCC3)cn1C(C)C. The molecule has 0 fully saturated rings. The Balaban J connectivity index is 1.57. The molecule has 0 bridgehead atoms. The van der Waals surface area contributed by atoms with Gasteiger partial charge in [0, 0.05) is 23.6 Å². The Morgan fingerprint density at radius 2 is 1.70 bits per heavy atom. The zero-order chi connectivity index (χ0) is 21.5. The van der Waals surface area contributed by atoms with Crippen molar-refractivity contribution in [1.29, 1.82) is 0 Å². The van der Waals surface area contributed by atoms with E-state index < -0.39 is 16.1 Å². The van der Waals surface area contributed by atoms with Crippen molar-refractivity contribution in [3.8, 4) is 0 Å². The number of nitrogens with one attached hydrogen (secondary N) is 2. The number of carbonyl (C=O) groups excluding carboxylic acids is 1. The normalized spacial score (nSPS) is 15.3. The Kier molecular flexibility index (Phi) is 5.66. The van der Waals surface area contributed by atoms with Crippen LogP contribution in [0.15, 0.2) is 23.2 Å². The molecule has 0 aliphatic heterocycles. The summed E-state index contributed by atoms with van der Waals surface area (Å²) < 4.78 is 30.0. The fourth-order valence-electron chi connectivity index (χ4n) is 4.87. The summed E-state index contributed by atoms with van der Waals surface area (Å²) in [5.41, 5.74) is 6.77. The van der Waals surface area contributed by atoms with Crippen molar-refractivity contribution < 1.29 is 13.2 Å². The van der Waals surface area contributed by atoms with E-state index in [4.69, 9.17) is 0 Å². The average Bonchev–Trinajstić information content (AvgIpc) is 3.40. The van der Waals surface area contributed by atoms with Gasteiger partial charge in [-0.25, -0.2) is 17.9 Å². The molecule has 0 saturated carbocycles. The van der Waals surface area contributed by atoms with Crippen LogP contribution in [0.1, 0.15) is 74.0 Å². The van der Waals surface area contributed by atoms with Gasteiger partial charge >= 0.3 is 6.03 Å². The minimum absolute atomic E-state index is 0.137. The fraction of sp³-hybridized carbons (Fsp3) is 0.522. The lowest BCUT2D eigenvalue weighted by Crippen LogP contribution is -2.34. The molecule has 1 aromatic carbocycles. The number of sulfonamides is 1. The lowest BCUT2D eigenvalue weighted by molar-refractivity contribution is 0.256. The summed E-state index contributed by atoms with van der Waals surface area (Å²) in [6, 6.07) is 3.43. The van der Waals surface area contributed by atoms with Crippen molar-refractivity contribution in [2.24, 2.45) is 0 Å². The second-order valence-electron chi connectivity index (χ2n) is 8.71. The third kappa shape index (κ3) is 3.87. The van der Waals surface area contributed by atoms with Crippen molar-refractivity contribution in [3.05, 3.63) is 46.3 Å². The highest BCUT2D eigenvalue weighted by Crippen LogP contribution is 2.38. The van der Waals surface area contributed by atoms with E-state index in [0.717, 1.165) is 62.7 Å². The maximum atomic E-state index is 12.9. The van der Waals surface area contributed by atoms with E-state index in [1.807, 2.05) is 18.4 Å². The van der Waals surface area contributed by atoms with E-state index in [-0.39, 0.29) is 10.9 Å². The molecule has 2 amide bonds. The first-order valence-electron chi connectivity index (χ1n) is 11.0. The first kappa shape index (κ1) is 21.0. The Morgan fingerprint density at radius 3 is 2.27 bits per heavy atom. The zero-order valence-corrected chi connectivity index (χ0v) is 18.9. The van der Waals surface area contributed by atoms with Gasteiger partial charge in [-0.1, -0.05) is 19.4 Å². The van der Waals surface area contributed by atoms with Crippen LogP contribution < -0.4 is 10.0 Å². The van der Waals surface area contributed by atoms with E-state index in [2.05, 4.69) is 23.0 Å². The summed E-state index contributed by atoms with van der Waals surface area (Å²) in [6.45, 7) is 6.10. The Labute approximate surface area is 179 Å². The van der Waals surface area contributed by atoms with Crippen LogP contribution >= 0.6 is 0 Å². The van der Waals surface area contributed by atoms with Crippen molar-refractivity contribution in [2.75, 3.05) is 5.32 Å². The molecule has 2 aromatic rings. The first-order chi connectivity index (χ1) is 14.3. The van der Waals surface area contributed by atoms with E-state index in [0.29, 0.717) is 0 Å². The van der Waals surface area contributed by atoms with Crippen molar-refractivity contribution in [1.82, 2.24) is 9.29 Å². The van der Waals surface area contributed by atoms with E-state index in [1.165, 1.54) is 22.3 Å². The molecule has 2 aliphatic carbocycles. The molecule has 0 spiro atoms. The van der Waals surface area contributed by atoms with Crippen LogP contribution in [0.25, 0.3) is 0 Å². The fourth-order valence-corrected chi connectivity index (χ4v) is 5.82. The molecule has 2 aliphatic rings. The number of carbonyl (C=O) groups is 1. The van der Waals surface area contributed by atoms with Gasteiger partial charge in [0.05, 0.1) is 0 Å². The molecule has 162 valence electrons. The Morgan fingerprint density at radius 1 is 1.07 bits per heavy atom. The first-order valence-corrected chi connectivity index (χ1v) is 12.5. The van der Waals surface area contributed by atoms with Gasteiger partial charge < -0.3 is 9.88 Å². The maximum absolute atomic E-state index is 12.9. The number of benzene rings is 1. The van der Waals surface area contributed by atoms with Crippen LogP contribution in [0.4, 0.5) is 10.5 Å². The number of amides is 2. The zero-order valence-electron chi connectivity index (χ0n) is 18.0. The molecule has 0 radical (unpaired) electrons. The van der Waals surface area contributed by atoms with Gasteiger partial charge in [0.15, 0.2) is 0 Å². The van der Waals surface area contributed by atoms with Crippen molar-refractivity contribution >= 4 is 21.7 Å². The standard InChI is InChI=1S/C23H31N3O3S/c1-4-7-18-13-19(14-26(18)15(2)3)30(28,29)25-23(27)24-22-20-10-5-8-16(20)12-17-9-6-11-21(17)22/h12-15H,4-11H2,1-3H3,(H2,24,25,27). The predicted molar refractivity (Wildman–Crippen MR) is 119 cm³/mol. The van der Waals surface area contributed by atoms with Crippen LogP contribution in [0, 0.1) is 0 Å². The van der Waals surface area contributed by atoms with Gasteiger partial charge in [0.25, 0.3) is 10.0 Å². The number of nitrogens with zero attached hydrogens (tertiary/aromatic N) is 1. The van der Waals surface area contributed by atoms with Gasteiger partial charge in [-0.15, -0.1) is 0 Å². The molecule has 0 saturated heterocycles. The monoisotopic (exact) mass is 429 g/mol. The lowest BCUT2D eigenvalue weighted by atomic mass is 9.99. The van der Waals surface area contributed by atoms with Crippen LogP contribution in [0.2, 0.25) is 0 Å². The summed E-state index contributed by atoms with van der Waals surface area (Å²) in [5.74, 6) is 0. The van der Waals surface area contributed by atoms with Gasteiger partial charge in [0.2, 0.25) is 0 Å². The van der Waals surface area contributed by atoms with Gasteiger partial charge in [-0.05, 0) is 87.1 Å². The highest BCUT2D eigenvalue weighted by Gasteiger charge is 2.27. The molecule has 0 unspecified atom stereocenters. The smallest absolute Gasteiger partial charge is 0.333 e. The molecule has 1 aromatic heterocycles. The molecule has 4 rings (SSSR count). The molecule has 1 heterocycles. The topological polar surface area (TPSA) is 80.2 Å². The van der Waals surface area contributed by atoms with Gasteiger partial charge in [0.1, 0.15) is 4.90 Å². The van der Waals surface area contributed by atoms with Crippen LogP contribution in [0.5, 0.6) is 0 Å². The molecule has 6 nitrogen and oxygen atoms in total. The maximum Gasteiger partial charge on any atom is 0.333 e. The largest absolute Gasteiger partial charge is 0.348 e. The van der Waals surface area contributed by atoms with Crippen molar-refractivity contribution in [3.63, 3.8) is 0 Å². The third-order valence-corrected chi connectivity index (χ3v) is 7.52. The number of aryl methyl sites for hydroxylation is 3. The third-order valence-electron chi connectivity index (χ3n) is 6.22. The van der Waals surface area contributed by atoms with Crippen LogP contribution in [0.3, 0.4) is 0 Å². The highest BCUT2D eigenvalue weighted by atomic mass is 32.2. The molecule has 7 heteroatoms. The summed E-state index contributed by atoms with van der Waals surface area (Å²) in [7, 11) is -3.94. The summed E-state index contributed by atoms with van der Waals surface area (Å²) in [5, 5.41) is 2.90.